The molecular weight excluding hydrogens is 367 g/mol. The van der Waals surface area contributed by atoms with Crippen LogP contribution in [0.25, 0.3) is 0 Å². The average Bonchev–Trinajstić information content (AvgIpc) is 2.57. The number of hydrogen-bond acceptors (Lipinski definition) is 3. The van der Waals surface area contributed by atoms with Crippen LogP contribution in [-0.2, 0) is 21.4 Å². The molecule has 0 bridgehead atoms. The molecule has 0 saturated heterocycles. The Labute approximate surface area is 151 Å². The molecule has 2 aromatic rings. The van der Waals surface area contributed by atoms with Gasteiger partial charge in [0.1, 0.15) is 5.82 Å². The lowest BCUT2D eigenvalue weighted by molar-refractivity contribution is -0.121. The summed E-state index contributed by atoms with van der Waals surface area (Å²) in [5, 5.41) is 2.94. The third-order valence-corrected chi connectivity index (χ3v) is 5.51. The molecule has 5 nitrogen and oxygen atoms in total. The molecule has 0 radical (unpaired) electrons. The largest absolute Gasteiger partial charge is 0.355 e. The van der Waals surface area contributed by atoms with Gasteiger partial charge in [0.05, 0.1) is 11.4 Å². The predicted molar refractivity (Wildman–Crippen MR) is 94.1 cm³/mol. The Bertz CT molecular complexity index is 841. The zero-order chi connectivity index (χ0) is 18.4. The molecule has 8 heteroatoms. The Kier molecular flexibility index (Phi) is 6.52. The van der Waals surface area contributed by atoms with E-state index in [2.05, 4.69) is 5.32 Å². The number of nitrogens with zero attached hydrogens (tertiary/aromatic N) is 1. The molecule has 2 aromatic carbocycles. The van der Waals surface area contributed by atoms with E-state index in [1.54, 1.807) is 13.0 Å². The minimum absolute atomic E-state index is 0.0162. The number of halogens is 2. The zero-order valence-electron chi connectivity index (χ0n) is 13.6. The first-order valence-corrected chi connectivity index (χ1v) is 9.42. The van der Waals surface area contributed by atoms with E-state index in [-0.39, 0.29) is 17.0 Å². The van der Waals surface area contributed by atoms with Gasteiger partial charge in [-0.25, -0.2) is 12.8 Å². The van der Waals surface area contributed by atoms with Crippen LogP contribution in [0.2, 0.25) is 5.02 Å². The van der Waals surface area contributed by atoms with Crippen LogP contribution in [-0.4, -0.2) is 31.7 Å². The molecule has 1 amide bonds. The summed E-state index contributed by atoms with van der Waals surface area (Å²) in [6, 6.07) is 11.4. The van der Waals surface area contributed by atoms with E-state index in [4.69, 9.17) is 11.6 Å². The maximum Gasteiger partial charge on any atom is 0.243 e. The second kappa shape index (κ2) is 8.42. The zero-order valence-corrected chi connectivity index (χ0v) is 15.1. The summed E-state index contributed by atoms with van der Waals surface area (Å²) in [6.07, 6.45) is 0. The molecule has 0 spiro atoms. The minimum atomic E-state index is -4.00. The van der Waals surface area contributed by atoms with Crippen molar-refractivity contribution in [3.63, 3.8) is 0 Å². The van der Waals surface area contributed by atoms with E-state index in [1.165, 1.54) is 42.5 Å². The maximum atomic E-state index is 13.9. The molecule has 25 heavy (non-hydrogen) atoms. The van der Waals surface area contributed by atoms with Crippen molar-refractivity contribution in [3.05, 3.63) is 64.9 Å². The van der Waals surface area contributed by atoms with E-state index in [9.17, 15) is 17.6 Å². The molecule has 0 heterocycles. The molecule has 0 atom stereocenters. The summed E-state index contributed by atoms with van der Waals surface area (Å²) < 4.78 is 40.6. The van der Waals surface area contributed by atoms with Crippen LogP contribution in [0.15, 0.2) is 53.4 Å². The lowest BCUT2D eigenvalue weighted by Gasteiger charge is -2.22. The molecular formula is C17H18ClFN2O3S. The Balaban J connectivity index is 2.37. The van der Waals surface area contributed by atoms with E-state index >= 15 is 0 Å². The van der Waals surface area contributed by atoms with Crippen LogP contribution in [0.4, 0.5) is 4.39 Å². The lowest BCUT2D eigenvalue weighted by atomic mass is 10.2. The smallest absolute Gasteiger partial charge is 0.243 e. The molecule has 0 aliphatic heterocycles. The van der Waals surface area contributed by atoms with Crippen molar-refractivity contribution >= 4 is 27.5 Å². The highest BCUT2D eigenvalue weighted by atomic mass is 35.5. The van der Waals surface area contributed by atoms with Crippen LogP contribution < -0.4 is 5.32 Å². The van der Waals surface area contributed by atoms with Gasteiger partial charge in [0, 0.05) is 23.7 Å². The van der Waals surface area contributed by atoms with Gasteiger partial charge in [-0.1, -0.05) is 29.8 Å². The Hall–Kier alpha value is -1.96. The van der Waals surface area contributed by atoms with Gasteiger partial charge in [-0.3, -0.25) is 4.79 Å². The molecule has 0 unspecified atom stereocenters. The standard InChI is InChI=1S/C17H18ClFN2O3S/c1-2-20-17(22)12-21(11-13-5-3-4-6-16(13)19)25(23,24)15-9-7-14(18)8-10-15/h3-10H,2,11-12H2,1H3,(H,20,22). The monoisotopic (exact) mass is 384 g/mol. The van der Waals surface area contributed by atoms with Crippen molar-refractivity contribution in [3.8, 4) is 0 Å². The number of carbonyl (C=O) groups excluding carboxylic acids is 1. The van der Waals surface area contributed by atoms with Gasteiger partial charge < -0.3 is 5.32 Å². The predicted octanol–water partition coefficient (Wildman–Crippen LogP) is 2.81. The van der Waals surface area contributed by atoms with Crippen molar-refractivity contribution in [2.45, 2.75) is 18.4 Å². The van der Waals surface area contributed by atoms with Crippen molar-refractivity contribution in [1.29, 1.82) is 0 Å². The van der Waals surface area contributed by atoms with Gasteiger partial charge in [0.25, 0.3) is 0 Å². The number of amides is 1. The van der Waals surface area contributed by atoms with Crippen LogP contribution in [0, 0.1) is 5.82 Å². The topological polar surface area (TPSA) is 66.5 Å². The SMILES string of the molecule is CCNC(=O)CN(Cc1ccccc1F)S(=O)(=O)c1ccc(Cl)cc1. The number of carbonyl (C=O) groups is 1. The van der Waals surface area contributed by atoms with Crippen LogP contribution in [0.3, 0.4) is 0 Å². The summed E-state index contributed by atoms with van der Waals surface area (Å²) in [5.41, 5.74) is 0.185. The summed E-state index contributed by atoms with van der Waals surface area (Å²) >= 11 is 5.80. The van der Waals surface area contributed by atoms with Crippen LogP contribution in [0.1, 0.15) is 12.5 Å². The molecule has 0 fully saturated rings. The van der Waals surface area contributed by atoms with Gasteiger partial charge in [-0.2, -0.15) is 4.31 Å². The number of likely N-dealkylation sites (N-methyl/N-ethyl adjacent to an activating group) is 1. The molecule has 2 rings (SSSR count). The highest BCUT2D eigenvalue weighted by molar-refractivity contribution is 7.89. The Morgan fingerprint density at radius 2 is 1.80 bits per heavy atom. The van der Waals surface area contributed by atoms with E-state index in [0.717, 1.165) is 4.31 Å². The van der Waals surface area contributed by atoms with E-state index < -0.39 is 28.3 Å². The molecule has 0 saturated carbocycles. The van der Waals surface area contributed by atoms with Crippen molar-refractivity contribution in [1.82, 2.24) is 9.62 Å². The molecule has 0 aliphatic rings. The summed E-state index contributed by atoms with van der Waals surface area (Å²) in [6.45, 7) is 1.43. The Morgan fingerprint density at radius 3 is 2.40 bits per heavy atom. The van der Waals surface area contributed by atoms with Gasteiger partial charge >= 0.3 is 0 Å². The highest BCUT2D eigenvalue weighted by Gasteiger charge is 2.27. The summed E-state index contributed by atoms with van der Waals surface area (Å²) in [7, 11) is -4.00. The van der Waals surface area contributed by atoms with Crippen molar-refractivity contribution in [2.24, 2.45) is 0 Å². The van der Waals surface area contributed by atoms with Gasteiger partial charge in [-0.05, 0) is 37.3 Å². The van der Waals surface area contributed by atoms with Crippen molar-refractivity contribution in [2.75, 3.05) is 13.1 Å². The molecule has 1 N–H and O–H groups in total. The van der Waals surface area contributed by atoms with Gasteiger partial charge in [0.15, 0.2) is 0 Å². The number of sulfonamides is 1. The first-order chi connectivity index (χ1) is 11.8. The first-order valence-electron chi connectivity index (χ1n) is 7.60. The third-order valence-electron chi connectivity index (χ3n) is 3.45. The average molecular weight is 385 g/mol. The quantitative estimate of drug-likeness (QED) is 0.798. The van der Waals surface area contributed by atoms with Gasteiger partial charge in [0.2, 0.25) is 15.9 Å². The maximum absolute atomic E-state index is 13.9. The van der Waals surface area contributed by atoms with E-state index in [1.807, 2.05) is 0 Å². The van der Waals surface area contributed by atoms with Crippen LogP contribution >= 0.6 is 11.6 Å². The first kappa shape index (κ1) is 19.4. The van der Waals surface area contributed by atoms with Crippen LogP contribution in [0.5, 0.6) is 0 Å². The normalized spacial score (nSPS) is 11.5. The molecule has 134 valence electrons. The summed E-state index contributed by atoms with van der Waals surface area (Å²) in [5.74, 6) is -0.994. The second-order valence-electron chi connectivity index (χ2n) is 5.27. The number of hydrogen-bond donors (Lipinski definition) is 1. The molecule has 0 aromatic heterocycles. The fourth-order valence-corrected chi connectivity index (χ4v) is 3.71. The minimum Gasteiger partial charge on any atom is -0.355 e. The van der Waals surface area contributed by atoms with Gasteiger partial charge in [-0.15, -0.1) is 0 Å². The fourth-order valence-electron chi connectivity index (χ4n) is 2.21. The number of nitrogens with one attached hydrogen (secondary N) is 1. The number of rotatable bonds is 7. The second-order valence-corrected chi connectivity index (χ2v) is 7.65. The lowest BCUT2D eigenvalue weighted by Crippen LogP contribution is -2.40. The van der Waals surface area contributed by atoms with E-state index in [0.29, 0.717) is 11.6 Å². The fraction of sp³-hybridized carbons (Fsp3) is 0.235. The highest BCUT2D eigenvalue weighted by Crippen LogP contribution is 2.21. The molecule has 0 aliphatic carbocycles. The summed E-state index contributed by atoms with van der Waals surface area (Å²) in [4.78, 5) is 11.9. The van der Waals surface area contributed by atoms with Crippen molar-refractivity contribution < 1.29 is 17.6 Å². The third kappa shape index (κ3) is 5.01. The number of benzene rings is 2. The Morgan fingerprint density at radius 1 is 1.16 bits per heavy atom.